The number of furan rings is 1. The van der Waals surface area contributed by atoms with E-state index >= 15 is 0 Å². The summed E-state index contributed by atoms with van der Waals surface area (Å²) in [5.41, 5.74) is 10.0. The molecule has 11 aromatic rings. The molecule has 4 heterocycles. The average molecular weight is 627 g/mol. The van der Waals surface area contributed by atoms with Crippen LogP contribution in [-0.4, -0.2) is 19.1 Å². The van der Waals surface area contributed by atoms with Crippen LogP contribution in [0.25, 0.3) is 99.3 Å². The van der Waals surface area contributed by atoms with Crippen molar-refractivity contribution < 1.29 is 4.42 Å². The molecule has 5 heteroatoms. The van der Waals surface area contributed by atoms with E-state index in [9.17, 15) is 0 Å². The second-order valence-corrected chi connectivity index (χ2v) is 12.6. The second-order valence-electron chi connectivity index (χ2n) is 12.6. The molecule has 0 fully saturated rings. The maximum absolute atomic E-state index is 6.48. The minimum absolute atomic E-state index is 0.622. The quantitative estimate of drug-likeness (QED) is 0.196. The Bertz CT molecular complexity index is 3100. The molecule has 0 aliphatic heterocycles. The second kappa shape index (κ2) is 9.89. The number of aromatic nitrogens is 4. The number of hydrogen-bond acceptors (Lipinski definition) is 3. The van der Waals surface area contributed by atoms with Crippen molar-refractivity contribution in [3.05, 3.63) is 158 Å². The monoisotopic (exact) mass is 626 g/mol. The molecule has 11 rings (SSSR count). The van der Waals surface area contributed by atoms with Gasteiger partial charge in [0.25, 0.3) is 0 Å². The van der Waals surface area contributed by atoms with Gasteiger partial charge < -0.3 is 8.98 Å². The molecular weight excluding hydrogens is 601 g/mol. The van der Waals surface area contributed by atoms with E-state index in [1.54, 1.807) is 0 Å². The average Bonchev–Trinajstić information content (AvgIpc) is 3.82. The summed E-state index contributed by atoms with van der Waals surface area (Å²) in [6.45, 7) is 0. The Balaban J connectivity index is 1.39. The Labute approximate surface area is 279 Å². The van der Waals surface area contributed by atoms with Crippen molar-refractivity contribution in [3.8, 4) is 22.9 Å². The van der Waals surface area contributed by atoms with Crippen LogP contribution in [0.2, 0.25) is 0 Å². The van der Waals surface area contributed by atoms with Gasteiger partial charge in [0, 0.05) is 43.6 Å². The molecule has 0 saturated carbocycles. The fraction of sp³-hybridized carbons (Fsp3) is 0. The summed E-state index contributed by atoms with van der Waals surface area (Å²) < 4.78 is 11.2. The van der Waals surface area contributed by atoms with Crippen molar-refractivity contribution in [2.24, 2.45) is 0 Å². The maximum Gasteiger partial charge on any atom is 0.235 e. The Morgan fingerprint density at radius 3 is 1.94 bits per heavy atom. The topological polar surface area (TPSA) is 48.8 Å². The summed E-state index contributed by atoms with van der Waals surface area (Å²) in [6.07, 6.45) is 0. The molecule has 4 aromatic heterocycles. The van der Waals surface area contributed by atoms with Gasteiger partial charge in [-0.2, -0.15) is 0 Å². The molecule has 5 nitrogen and oxygen atoms in total. The van der Waals surface area contributed by atoms with Crippen molar-refractivity contribution in [1.82, 2.24) is 19.1 Å². The first-order chi connectivity index (χ1) is 24.3. The van der Waals surface area contributed by atoms with Gasteiger partial charge in [0.15, 0.2) is 0 Å². The van der Waals surface area contributed by atoms with Crippen molar-refractivity contribution in [3.63, 3.8) is 0 Å². The van der Waals surface area contributed by atoms with Crippen molar-refractivity contribution in [2.45, 2.75) is 0 Å². The third-order valence-corrected chi connectivity index (χ3v) is 9.92. The minimum Gasteiger partial charge on any atom is -0.456 e. The predicted octanol–water partition coefficient (Wildman–Crippen LogP) is 11.4. The Morgan fingerprint density at radius 2 is 1.08 bits per heavy atom. The lowest BCUT2D eigenvalue weighted by Crippen LogP contribution is -2.03. The molecule has 0 unspecified atom stereocenters. The molecule has 0 N–H and O–H groups in total. The predicted molar refractivity (Wildman–Crippen MR) is 201 cm³/mol. The van der Waals surface area contributed by atoms with E-state index in [2.05, 4.69) is 143 Å². The van der Waals surface area contributed by atoms with Crippen LogP contribution in [0.15, 0.2) is 162 Å². The summed E-state index contributed by atoms with van der Waals surface area (Å²) in [5.74, 6) is 0.622. The van der Waals surface area contributed by atoms with Crippen LogP contribution in [0.3, 0.4) is 0 Å². The lowest BCUT2D eigenvalue weighted by atomic mass is 10.1. The van der Waals surface area contributed by atoms with Crippen LogP contribution in [0.4, 0.5) is 0 Å². The summed E-state index contributed by atoms with van der Waals surface area (Å²) in [7, 11) is 0. The van der Waals surface area contributed by atoms with E-state index < -0.39 is 0 Å². The van der Waals surface area contributed by atoms with Crippen LogP contribution in [-0.2, 0) is 0 Å². The van der Waals surface area contributed by atoms with E-state index in [0.29, 0.717) is 5.95 Å². The molecule has 0 bridgehead atoms. The number of fused-ring (bicyclic) bond motifs is 12. The lowest BCUT2D eigenvalue weighted by Gasteiger charge is -2.12. The molecule has 0 amide bonds. The zero-order valence-electron chi connectivity index (χ0n) is 26.2. The highest BCUT2D eigenvalue weighted by Gasteiger charge is 2.25. The molecule has 0 aliphatic carbocycles. The first-order valence-corrected chi connectivity index (χ1v) is 16.5. The van der Waals surface area contributed by atoms with Crippen LogP contribution < -0.4 is 0 Å². The highest BCUT2D eigenvalue weighted by atomic mass is 16.3. The molecule has 0 atom stereocenters. The zero-order valence-corrected chi connectivity index (χ0v) is 26.2. The van der Waals surface area contributed by atoms with Gasteiger partial charge in [0.05, 0.1) is 38.7 Å². The smallest absolute Gasteiger partial charge is 0.235 e. The Morgan fingerprint density at radius 1 is 0.408 bits per heavy atom. The first-order valence-electron chi connectivity index (χ1n) is 16.5. The molecule has 0 aliphatic rings. The van der Waals surface area contributed by atoms with Crippen LogP contribution in [0.5, 0.6) is 0 Å². The zero-order chi connectivity index (χ0) is 32.1. The highest BCUT2D eigenvalue weighted by molar-refractivity contribution is 6.31. The van der Waals surface area contributed by atoms with Gasteiger partial charge >= 0.3 is 0 Å². The van der Waals surface area contributed by atoms with E-state index in [0.717, 1.165) is 77.1 Å². The van der Waals surface area contributed by atoms with Crippen LogP contribution >= 0.6 is 0 Å². The molecule has 0 radical (unpaired) electrons. The van der Waals surface area contributed by atoms with Gasteiger partial charge in [0.2, 0.25) is 5.95 Å². The standard InChI is InChI=1S/C44H26N4O/c1-3-13-27(14-4-1)41-31-18-7-10-20-34(31)45-44(46-41)48-36-25-23-30-29-17-8-11-21-35(29)47(28-15-5-2-6-16-28)42(30)39(36)33-24-26-38-40(43(33)48)32-19-9-12-22-37(32)49-38/h1-26H. The fourth-order valence-corrected chi connectivity index (χ4v) is 7.89. The molecule has 7 aromatic carbocycles. The molecule has 228 valence electrons. The summed E-state index contributed by atoms with van der Waals surface area (Å²) in [5, 5.41) is 7.83. The first kappa shape index (κ1) is 26.4. The minimum atomic E-state index is 0.622. The van der Waals surface area contributed by atoms with Gasteiger partial charge in [-0.15, -0.1) is 0 Å². The number of rotatable bonds is 3. The van der Waals surface area contributed by atoms with Gasteiger partial charge in [-0.1, -0.05) is 109 Å². The van der Waals surface area contributed by atoms with E-state index in [4.69, 9.17) is 14.4 Å². The normalized spacial score (nSPS) is 12.1. The third kappa shape index (κ3) is 3.64. The van der Waals surface area contributed by atoms with E-state index in [-0.39, 0.29) is 0 Å². The highest BCUT2D eigenvalue weighted by Crippen LogP contribution is 2.45. The largest absolute Gasteiger partial charge is 0.456 e. The maximum atomic E-state index is 6.48. The molecule has 0 spiro atoms. The Kier molecular flexibility index (Phi) is 5.32. The molecule has 49 heavy (non-hydrogen) atoms. The fourth-order valence-electron chi connectivity index (χ4n) is 7.89. The van der Waals surface area contributed by atoms with E-state index in [1.165, 1.54) is 16.3 Å². The van der Waals surface area contributed by atoms with Gasteiger partial charge in [0.1, 0.15) is 11.2 Å². The van der Waals surface area contributed by atoms with Crippen molar-refractivity contribution >= 4 is 76.5 Å². The van der Waals surface area contributed by atoms with Crippen LogP contribution in [0.1, 0.15) is 0 Å². The third-order valence-electron chi connectivity index (χ3n) is 9.92. The van der Waals surface area contributed by atoms with Gasteiger partial charge in [-0.3, -0.25) is 4.57 Å². The van der Waals surface area contributed by atoms with E-state index in [1.807, 2.05) is 24.3 Å². The number of nitrogens with zero attached hydrogens (tertiary/aromatic N) is 4. The van der Waals surface area contributed by atoms with Gasteiger partial charge in [-0.25, -0.2) is 9.97 Å². The molecule has 0 saturated heterocycles. The molecular formula is C44H26N4O. The van der Waals surface area contributed by atoms with Gasteiger partial charge in [-0.05, 0) is 48.5 Å². The Hall–Kier alpha value is -6.72. The lowest BCUT2D eigenvalue weighted by molar-refractivity contribution is 0.669. The van der Waals surface area contributed by atoms with Crippen molar-refractivity contribution in [2.75, 3.05) is 0 Å². The number of para-hydroxylation sites is 4. The summed E-state index contributed by atoms with van der Waals surface area (Å²) in [4.78, 5) is 10.7. The summed E-state index contributed by atoms with van der Waals surface area (Å²) in [6, 6.07) is 55.2. The van der Waals surface area contributed by atoms with Crippen molar-refractivity contribution in [1.29, 1.82) is 0 Å². The summed E-state index contributed by atoms with van der Waals surface area (Å²) >= 11 is 0. The number of hydrogen-bond donors (Lipinski definition) is 0. The SMILES string of the molecule is c1ccc(-c2nc(-n3c4ccc5c6ccccc6n(-c6ccccc6)c5c4c4ccc5oc6ccccc6c5c43)nc3ccccc23)cc1. The van der Waals surface area contributed by atoms with Crippen LogP contribution in [0, 0.1) is 0 Å². The number of benzene rings is 7.